The number of carbonyl (C=O) groups is 1. The second-order valence-corrected chi connectivity index (χ2v) is 7.12. The van der Waals surface area contributed by atoms with Gasteiger partial charge in [-0.25, -0.2) is 9.97 Å². The molecule has 0 radical (unpaired) electrons. The van der Waals surface area contributed by atoms with E-state index in [1.807, 2.05) is 51.2 Å². The highest BCUT2D eigenvalue weighted by molar-refractivity contribution is 7.99. The Morgan fingerprint density at radius 2 is 1.96 bits per heavy atom. The van der Waals surface area contributed by atoms with E-state index in [1.54, 1.807) is 10.9 Å². The van der Waals surface area contributed by atoms with Crippen LogP contribution in [-0.2, 0) is 11.8 Å². The van der Waals surface area contributed by atoms with E-state index >= 15 is 0 Å². The molecule has 0 aliphatic carbocycles. The number of hydrogen-bond donors (Lipinski definition) is 1. The van der Waals surface area contributed by atoms with Crippen molar-refractivity contribution >= 4 is 35.0 Å². The monoisotopic (exact) mass is 387 g/mol. The van der Waals surface area contributed by atoms with Crippen LogP contribution in [0.5, 0.6) is 0 Å². The second-order valence-electron chi connectivity index (χ2n) is 5.74. The van der Waals surface area contributed by atoms with Crippen molar-refractivity contribution in [3.8, 4) is 11.3 Å². The Balaban J connectivity index is 1.65. The van der Waals surface area contributed by atoms with E-state index in [0.717, 1.165) is 28.3 Å². The van der Waals surface area contributed by atoms with Gasteiger partial charge in [-0.15, -0.1) is 0 Å². The zero-order valence-corrected chi connectivity index (χ0v) is 16.2. The summed E-state index contributed by atoms with van der Waals surface area (Å²) in [4.78, 5) is 21.0. The lowest BCUT2D eigenvalue weighted by Gasteiger charge is -2.06. The molecule has 0 unspecified atom stereocenters. The maximum absolute atomic E-state index is 12.3. The molecule has 1 aromatic carbocycles. The number of nitrogens with zero attached hydrogens (tertiary/aromatic N) is 4. The molecule has 2 heterocycles. The lowest BCUT2D eigenvalue weighted by molar-refractivity contribution is -0.113. The highest BCUT2D eigenvalue weighted by Crippen LogP contribution is 2.23. The summed E-state index contributed by atoms with van der Waals surface area (Å²) < 4.78 is 1.75. The quantitative estimate of drug-likeness (QED) is 0.531. The Labute approximate surface area is 161 Å². The maximum Gasteiger partial charge on any atom is 0.234 e. The molecule has 6 nitrogen and oxygen atoms in total. The van der Waals surface area contributed by atoms with Crippen LogP contribution < -0.4 is 5.32 Å². The number of halogens is 1. The fourth-order valence-electron chi connectivity index (χ4n) is 2.45. The lowest BCUT2D eigenvalue weighted by atomic mass is 10.1. The van der Waals surface area contributed by atoms with Crippen LogP contribution >= 0.6 is 23.4 Å². The van der Waals surface area contributed by atoms with E-state index in [9.17, 15) is 4.79 Å². The maximum atomic E-state index is 12.3. The number of aromatic nitrogens is 4. The summed E-state index contributed by atoms with van der Waals surface area (Å²) in [6.07, 6.45) is 1.69. The van der Waals surface area contributed by atoms with Crippen molar-refractivity contribution in [3.63, 3.8) is 0 Å². The van der Waals surface area contributed by atoms with Crippen molar-refractivity contribution in [2.45, 2.75) is 19.0 Å². The number of rotatable bonds is 5. The smallest absolute Gasteiger partial charge is 0.234 e. The summed E-state index contributed by atoms with van der Waals surface area (Å²) in [5.41, 5.74) is 4.21. The largest absolute Gasteiger partial charge is 0.322 e. The van der Waals surface area contributed by atoms with Gasteiger partial charge in [0.1, 0.15) is 0 Å². The summed E-state index contributed by atoms with van der Waals surface area (Å²) in [5.74, 6) is 0.104. The lowest BCUT2D eigenvalue weighted by Crippen LogP contribution is -2.15. The average molecular weight is 388 g/mol. The van der Waals surface area contributed by atoms with Crippen molar-refractivity contribution in [1.82, 2.24) is 19.7 Å². The number of benzene rings is 1. The van der Waals surface area contributed by atoms with Crippen molar-refractivity contribution in [1.29, 1.82) is 0 Å². The number of amides is 1. The molecule has 1 amide bonds. The summed E-state index contributed by atoms with van der Waals surface area (Å²) in [6, 6.07) is 9.27. The van der Waals surface area contributed by atoms with E-state index in [0.29, 0.717) is 10.2 Å². The molecule has 0 saturated carbocycles. The third-order valence-corrected chi connectivity index (χ3v) is 4.99. The molecule has 0 aliphatic heterocycles. The molecule has 0 spiro atoms. The molecule has 3 rings (SSSR count). The number of anilines is 1. The van der Waals surface area contributed by atoms with Crippen molar-refractivity contribution in [2.24, 2.45) is 7.05 Å². The Hall–Kier alpha value is -2.38. The third kappa shape index (κ3) is 4.23. The average Bonchev–Trinajstić information content (AvgIpc) is 2.87. The molecule has 0 saturated heterocycles. The van der Waals surface area contributed by atoms with Gasteiger partial charge in [-0.2, -0.15) is 5.10 Å². The molecule has 8 heteroatoms. The Morgan fingerprint density at radius 3 is 2.62 bits per heavy atom. The first kappa shape index (κ1) is 18.4. The van der Waals surface area contributed by atoms with Gasteiger partial charge in [0, 0.05) is 23.8 Å². The summed E-state index contributed by atoms with van der Waals surface area (Å²) in [6.45, 7) is 3.79. The Bertz CT molecular complexity index is 939. The van der Waals surface area contributed by atoms with Crippen molar-refractivity contribution in [3.05, 3.63) is 52.9 Å². The molecule has 0 fully saturated rings. The number of hydrogen-bond acceptors (Lipinski definition) is 5. The van der Waals surface area contributed by atoms with Gasteiger partial charge in [-0.3, -0.25) is 9.48 Å². The number of carbonyl (C=O) groups excluding carboxylic acids is 1. The van der Waals surface area contributed by atoms with Crippen LogP contribution in [0.4, 0.5) is 5.69 Å². The van der Waals surface area contributed by atoms with Crippen LogP contribution in [0.2, 0.25) is 5.02 Å². The molecular formula is C18H18ClN5OS. The van der Waals surface area contributed by atoms with Crippen LogP contribution in [0.25, 0.3) is 11.3 Å². The van der Waals surface area contributed by atoms with Gasteiger partial charge < -0.3 is 5.32 Å². The van der Waals surface area contributed by atoms with Gasteiger partial charge in [0.15, 0.2) is 5.16 Å². The number of aryl methyl sites for hydroxylation is 2. The van der Waals surface area contributed by atoms with Crippen molar-refractivity contribution < 1.29 is 4.79 Å². The zero-order valence-electron chi connectivity index (χ0n) is 14.7. The van der Waals surface area contributed by atoms with Gasteiger partial charge in [-0.05, 0) is 32.0 Å². The molecule has 0 bridgehead atoms. The summed E-state index contributed by atoms with van der Waals surface area (Å²) in [5, 5.41) is 8.43. The van der Waals surface area contributed by atoms with Gasteiger partial charge in [0.25, 0.3) is 0 Å². The Morgan fingerprint density at radius 1 is 1.23 bits per heavy atom. The van der Waals surface area contributed by atoms with Crippen LogP contribution in [0.15, 0.2) is 41.7 Å². The summed E-state index contributed by atoms with van der Waals surface area (Å²) >= 11 is 7.21. The van der Waals surface area contributed by atoms with Crippen LogP contribution in [0, 0.1) is 13.8 Å². The number of nitrogens with one attached hydrogen (secondary N) is 1. The minimum Gasteiger partial charge on any atom is -0.322 e. The highest BCUT2D eigenvalue weighted by Gasteiger charge is 2.13. The van der Waals surface area contributed by atoms with Gasteiger partial charge in [0.2, 0.25) is 5.91 Å². The first-order valence-corrected chi connectivity index (χ1v) is 9.32. The second kappa shape index (κ2) is 7.88. The minimum atomic E-state index is -0.116. The van der Waals surface area contributed by atoms with Crippen LogP contribution in [0.1, 0.15) is 11.4 Å². The predicted octanol–water partition coefficient (Wildman–Crippen LogP) is 3.88. The molecule has 2 aromatic heterocycles. The first-order chi connectivity index (χ1) is 12.4. The van der Waals surface area contributed by atoms with Gasteiger partial charge in [-0.1, -0.05) is 35.5 Å². The summed E-state index contributed by atoms with van der Waals surface area (Å²) in [7, 11) is 1.85. The third-order valence-electron chi connectivity index (χ3n) is 3.88. The highest BCUT2D eigenvalue weighted by atomic mass is 35.5. The van der Waals surface area contributed by atoms with E-state index < -0.39 is 0 Å². The predicted molar refractivity (Wildman–Crippen MR) is 105 cm³/mol. The Kier molecular flexibility index (Phi) is 5.58. The molecule has 134 valence electrons. The topological polar surface area (TPSA) is 72.7 Å². The van der Waals surface area contributed by atoms with E-state index in [4.69, 9.17) is 11.6 Å². The molecule has 0 atom stereocenters. The standard InChI is InChI=1S/C18H18ClN5OS/c1-11-17(12(2)24(3)23-11)22-16(25)10-26-18-20-9-8-15(21-18)13-4-6-14(19)7-5-13/h4-9H,10H2,1-3H3,(H,22,25). The molecule has 3 aromatic rings. The van der Waals surface area contributed by atoms with Gasteiger partial charge in [0.05, 0.1) is 28.5 Å². The first-order valence-electron chi connectivity index (χ1n) is 7.96. The van der Waals surface area contributed by atoms with Crippen LogP contribution in [0.3, 0.4) is 0 Å². The molecule has 1 N–H and O–H groups in total. The molecular weight excluding hydrogens is 370 g/mol. The van der Waals surface area contributed by atoms with E-state index in [-0.39, 0.29) is 11.7 Å². The van der Waals surface area contributed by atoms with Crippen LogP contribution in [-0.4, -0.2) is 31.4 Å². The van der Waals surface area contributed by atoms with E-state index in [1.165, 1.54) is 11.8 Å². The van der Waals surface area contributed by atoms with Crippen molar-refractivity contribution in [2.75, 3.05) is 11.1 Å². The van der Waals surface area contributed by atoms with Gasteiger partial charge >= 0.3 is 0 Å². The fraction of sp³-hybridized carbons (Fsp3) is 0.222. The SMILES string of the molecule is Cc1nn(C)c(C)c1NC(=O)CSc1nccc(-c2ccc(Cl)cc2)n1. The molecule has 0 aliphatic rings. The zero-order chi connectivity index (χ0) is 18.7. The normalized spacial score (nSPS) is 10.8. The number of thioether (sulfide) groups is 1. The van der Waals surface area contributed by atoms with E-state index in [2.05, 4.69) is 20.4 Å². The minimum absolute atomic E-state index is 0.116. The fourth-order valence-corrected chi connectivity index (χ4v) is 3.21. The molecule has 26 heavy (non-hydrogen) atoms.